The number of rotatable bonds is 7. The Kier molecular flexibility index (Phi) is 6.94. The summed E-state index contributed by atoms with van der Waals surface area (Å²) in [4.78, 5) is 30.2. The SMILES string of the molecule is CC1CCC([C@@H](CN(O)C=O)C(=O)NNc2nccc(C(F)(F)F)n2)CC1. The summed E-state index contributed by atoms with van der Waals surface area (Å²) in [6.07, 6.45) is -0.151. The lowest BCUT2D eigenvalue weighted by Gasteiger charge is -2.32. The number of hydroxylamine groups is 2. The first-order valence-electron chi connectivity index (χ1n) is 8.57. The Bertz CT molecular complexity index is 650. The van der Waals surface area contributed by atoms with Gasteiger partial charge in [-0.05, 0) is 30.7 Å². The van der Waals surface area contributed by atoms with Gasteiger partial charge in [0.2, 0.25) is 18.3 Å². The number of aromatic nitrogens is 2. The fourth-order valence-electron chi connectivity index (χ4n) is 3.17. The summed E-state index contributed by atoms with van der Waals surface area (Å²) < 4.78 is 38.0. The summed E-state index contributed by atoms with van der Waals surface area (Å²) in [5.41, 5.74) is 3.40. The van der Waals surface area contributed by atoms with Crippen LogP contribution in [0, 0.1) is 17.8 Å². The Hall–Kier alpha value is -2.43. The van der Waals surface area contributed by atoms with Crippen LogP contribution in [0.25, 0.3) is 0 Å². The first-order chi connectivity index (χ1) is 12.7. The Morgan fingerprint density at radius 1 is 1.41 bits per heavy atom. The first-order valence-corrected chi connectivity index (χ1v) is 8.57. The molecule has 0 aromatic carbocycles. The molecular formula is C16H22F3N5O3. The zero-order valence-electron chi connectivity index (χ0n) is 14.7. The number of amides is 2. The van der Waals surface area contributed by atoms with Gasteiger partial charge in [-0.2, -0.15) is 13.2 Å². The van der Waals surface area contributed by atoms with Crippen LogP contribution in [0.3, 0.4) is 0 Å². The molecule has 1 saturated carbocycles. The van der Waals surface area contributed by atoms with Gasteiger partial charge in [-0.25, -0.2) is 15.0 Å². The van der Waals surface area contributed by atoms with Gasteiger partial charge in [0.1, 0.15) is 5.69 Å². The van der Waals surface area contributed by atoms with Crippen molar-refractivity contribution in [3.63, 3.8) is 0 Å². The van der Waals surface area contributed by atoms with Crippen molar-refractivity contribution >= 4 is 18.3 Å². The van der Waals surface area contributed by atoms with Crippen molar-refractivity contribution in [3.8, 4) is 0 Å². The number of nitrogens with zero attached hydrogens (tertiary/aromatic N) is 3. The van der Waals surface area contributed by atoms with Crippen molar-refractivity contribution in [1.82, 2.24) is 20.5 Å². The second-order valence-electron chi connectivity index (χ2n) is 6.73. The van der Waals surface area contributed by atoms with Crippen LogP contribution >= 0.6 is 0 Å². The summed E-state index contributed by atoms with van der Waals surface area (Å²) in [5, 5.41) is 9.88. The van der Waals surface area contributed by atoms with Gasteiger partial charge in [-0.1, -0.05) is 19.8 Å². The average Bonchev–Trinajstić information content (AvgIpc) is 2.64. The molecule has 8 nitrogen and oxygen atoms in total. The summed E-state index contributed by atoms with van der Waals surface area (Å²) in [7, 11) is 0. The van der Waals surface area contributed by atoms with E-state index in [9.17, 15) is 28.0 Å². The van der Waals surface area contributed by atoms with Gasteiger partial charge < -0.3 is 0 Å². The molecule has 1 fully saturated rings. The Balaban J connectivity index is 2.03. The quantitative estimate of drug-likeness (QED) is 0.375. The highest BCUT2D eigenvalue weighted by Gasteiger charge is 2.34. The molecule has 1 heterocycles. The molecule has 0 radical (unpaired) electrons. The van der Waals surface area contributed by atoms with Gasteiger partial charge in [-0.15, -0.1) is 0 Å². The molecule has 1 aromatic heterocycles. The predicted molar refractivity (Wildman–Crippen MR) is 88.0 cm³/mol. The smallest absolute Gasteiger partial charge is 0.286 e. The molecule has 0 unspecified atom stereocenters. The zero-order valence-corrected chi connectivity index (χ0v) is 14.7. The van der Waals surface area contributed by atoms with Crippen LogP contribution in [0.2, 0.25) is 0 Å². The minimum absolute atomic E-state index is 0.0555. The Morgan fingerprint density at radius 3 is 2.67 bits per heavy atom. The maximum atomic E-state index is 12.7. The number of carbonyl (C=O) groups is 2. The highest BCUT2D eigenvalue weighted by molar-refractivity contribution is 5.80. The van der Waals surface area contributed by atoms with Crippen LogP contribution in [0.15, 0.2) is 12.3 Å². The molecule has 0 bridgehead atoms. The van der Waals surface area contributed by atoms with Gasteiger partial charge in [-0.3, -0.25) is 25.6 Å². The maximum Gasteiger partial charge on any atom is 0.433 e. The summed E-state index contributed by atoms with van der Waals surface area (Å²) in [6.45, 7) is 1.90. The molecule has 150 valence electrons. The highest BCUT2D eigenvalue weighted by atomic mass is 19.4. The van der Waals surface area contributed by atoms with Crippen molar-refractivity contribution in [3.05, 3.63) is 18.0 Å². The van der Waals surface area contributed by atoms with E-state index in [1.54, 1.807) is 0 Å². The minimum atomic E-state index is -4.63. The lowest BCUT2D eigenvalue weighted by Crippen LogP contribution is -2.44. The molecule has 0 aliphatic heterocycles. The molecule has 3 N–H and O–H groups in total. The van der Waals surface area contributed by atoms with E-state index in [4.69, 9.17) is 0 Å². The van der Waals surface area contributed by atoms with Crippen LogP contribution in [0.1, 0.15) is 38.3 Å². The highest BCUT2D eigenvalue weighted by Crippen LogP contribution is 2.33. The lowest BCUT2D eigenvalue weighted by atomic mass is 9.76. The van der Waals surface area contributed by atoms with Crippen molar-refractivity contribution in [2.24, 2.45) is 17.8 Å². The van der Waals surface area contributed by atoms with E-state index in [1.807, 2.05) is 0 Å². The van der Waals surface area contributed by atoms with Crippen molar-refractivity contribution < 1.29 is 28.0 Å². The Labute approximate surface area is 154 Å². The van der Waals surface area contributed by atoms with Gasteiger partial charge in [0.25, 0.3) is 0 Å². The Morgan fingerprint density at radius 2 is 2.07 bits per heavy atom. The van der Waals surface area contributed by atoms with Gasteiger partial charge >= 0.3 is 6.18 Å². The summed E-state index contributed by atoms with van der Waals surface area (Å²) >= 11 is 0. The van der Waals surface area contributed by atoms with E-state index in [0.29, 0.717) is 17.0 Å². The van der Waals surface area contributed by atoms with Crippen LogP contribution < -0.4 is 10.9 Å². The topological polar surface area (TPSA) is 107 Å². The van der Waals surface area contributed by atoms with Crippen LogP contribution in [-0.2, 0) is 15.8 Å². The van der Waals surface area contributed by atoms with Crippen molar-refractivity contribution in [1.29, 1.82) is 0 Å². The molecule has 11 heteroatoms. The van der Waals surface area contributed by atoms with Gasteiger partial charge in [0.15, 0.2) is 0 Å². The summed E-state index contributed by atoms with van der Waals surface area (Å²) in [5.74, 6) is -1.20. The van der Waals surface area contributed by atoms with Gasteiger partial charge in [0.05, 0.1) is 12.5 Å². The number of anilines is 1. The first kappa shape index (κ1) is 20.9. The number of hydrogen-bond donors (Lipinski definition) is 3. The van der Waals surface area contributed by atoms with Crippen LogP contribution in [-0.4, -0.2) is 39.1 Å². The molecule has 1 aromatic rings. The van der Waals surface area contributed by atoms with Crippen molar-refractivity contribution in [2.45, 2.75) is 38.8 Å². The monoisotopic (exact) mass is 389 g/mol. The summed E-state index contributed by atoms with van der Waals surface area (Å²) in [6, 6.07) is 0.715. The molecule has 2 rings (SSSR count). The van der Waals surface area contributed by atoms with Gasteiger partial charge in [0, 0.05) is 6.20 Å². The molecule has 1 atom stereocenters. The normalized spacial score (nSPS) is 21.2. The average molecular weight is 389 g/mol. The predicted octanol–water partition coefficient (Wildman–Crippen LogP) is 2.23. The lowest BCUT2D eigenvalue weighted by molar-refractivity contribution is -0.156. The van der Waals surface area contributed by atoms with E-state index in [2.05, 4.69) is 27.7 Å². The third kappa shape index (κ3) is 6.05. The van der Waals surface area contributed by atoms with Crippen molar-refractivity contribution in [2.75, 3.05) is 12.0 Å². The number of carbonyl (C=O) groups excluding carboxylic acids is 2. The fraction of sp³-hybridized carbons (Fsp3) is 0.625. The number of hydrazine groups is 1. The molecule has 0 spiro atoms. The molecule has 0 saturated heterocycles. The number of hydrogen-bond acceptors (Lipinski definition) is 6. The number of alkyl halides is 3. The van der Waals surface area contributed by atoms with Crippen LogP contribution in [0.4, 0.5) is 19.1 Å². The third-order valence-electron chi connectivity index (χ3n) is 4.72. The van der Waals surface area contributed by atoms with E-state index in [-0.39, 0.29) is 18.9 Å². The number of nitrogens with one attached hydrogen (secondary N) is 2. The standard InChI is InChI=1S/C16H22F3N5O3/c1-10-2-4-11(5-3-10)12(8-24(27)9-25)14(26)22-23-15-20-7-6-13(21-15)16(17,18)19/h6-7,9-12,27H,2-5,8H2,1H3,(H,22,26)(H,20,21,23)/t10?,11?,12-/m1/s1. The molecule has 1 aliphatic rings. The maximum absolute atomic E-state index is 12.7. The molecular weight excluding hydrogens is 367 g/mol. The molecule has 2 amide bonds. The van der Waals surface area contributed by atoms with Crippen LogP contribution in [0.5, 0.6) is 0 Å². The van der Waals surface area contributed by atoms with E-state index in [1.165, 1.54) is 0 Å². The molecule has 27 heavy (non-hydrogen) atoms. The third-order valence-corrected chi connectivity index (χ3v) is 4.72. The van der Waals surface area contributed by atoms with E-state index < -0.39 is 29.6 Å². The van der Waals surface area contributed by atoms with E-state index >= 15 is 0 Å². The minimum Gasteiger partial charge on any atom is -0.286 e. The number of halogens is 3. The largest absolute Gasteiger partial charge is 0.433 e. The fourth-order valence-corrected chi connectivity index (χ4v) is 3.17. The molecule has 1 aliphatic carbocycles. The second-order valence-corrected chi connectivity index (χ2v) is 6.73. The van der Waals surface area contributed by atoms with E-state index in [0.717, 1.165) is 31.9 Å². The second kappa shape index (κ2) is 8.98. The zero-order chi connectivity index (χ0) is 20.0.